The van der Waals surface area contributed by atoms with Gasteiger partial charge in [-0.3, -0.25) is 0 Å². The van der Waals surface area contributed by atoms with Crippen LogP contribution in [0.1, 0.15) is 89.9 Å². The van der Waals surface area contributed by atoms with Gasteiger partial charge in [-0.25, -0.2) is 4.98 Å². The number of benzene rings is 1. The van der Waals surface area contributed by atoms with Crippen LogP contribution in [0, 0.1) is 0 Å². The molecule has 1 aromatic carbocycles. The molecule has 206 valence electrons. The molecule has 0 aliphatic carbocycles. The van der Waals surface area contributed by atoms with Crippen LogP contribution in [0.15, 0.2) is 47.2 Å². The number of imidazole rings is 1. The van der Waals surface area contributed by atoms with Crippen molar-refractivity contribution in [1.29, 1.82) is 0 Å². The molecular weight excluding hydrogens is 468 g/mol. The number of carbonyl (C=O) groups excluding carboxylic acids is 1. The summed E-state index contributed by atoms with van der Waals surface area (Å²) in [5.74, 6) is 2.04. The number of aliphatic hydroxyl groups is 2. The Morgan fingerprint density at radius 3 is 2.19 bits per heavy atom. The fourth-order valence-corrected chi connectivity index (χ4v) is 3.78. The van der Waals surface area contributed by atoms with Gasteiger partial charge in [0.2, 0.25) is 0 Å². The molecule has 0 amide bonds. The van der Waals surface area contributed by atoms with Crippen LogP contribution >= 0.6 is 0 Å². The Hall–Kier alpha value is -2.81. The number of hydrogen-bond acceptors (Lipinski definition) is 7. The van der Waals surface area contributed by atoms with Crippen LogP contribution < -0.4 is 0 Å². The number of likely N-dealkylation sites (tertiary alicyclic amines) is 1. The second-order valence-corrected chi connectivity index (χ2v) is 9.06. The molecule has 8 nitrogen and oxygen atoms in total. The van der Waals surface area contributed by atoms with E-state index in [2.05, 4.69) is 60.2 Å². The minimum absolute atomic E-state index is 0.472. The highest BCUT2D eigenvalue weighted by Gasteiger charge is 2.18. The van der Waals surface area contributed by atoms with E-state index >= 15 is 0 Å². The summed E-state index contributed by atoms with van der Waals surface area (Å²) in [6.45, 7) is 14.2. The topological polar surface area (TPSA) is 105 Å². The van der Waals surface area contributed by atoms with Crippen molar-refractivity contribution in [3.63, 3.8) is 0 Å². The second kappa shape index (κ2) is 17.6. The van der Waals surface area contributed by atoms with Crippen molar-refractivity contribution < 1.29 is 19.5 Å². The van der Waals surface area contributed by atoms with Crippen LogP contribution in [0.2, 0.25) is 0 Å². The van der Waals surface area contributed by atoms with Gasteiger partial charge in [0.15, 0.2) is 5.76 Å². The number of piperidine rings is 1. The van der Waals surface area contributed by atoms with Crippen molar-refractivity contribution >= 4 is 6.29 Å². The predicted octanol–water partition coefficient (Wildman–Crippen LogP) is 5.46. The van der Waals surface area contributed by atoms with Gasteiger partial charge in [0, 0.05) is 24.0 Å². The first kappa shape index (κ1) is 32.2. The summed E-state index contributed by atoms with van der Waals surface area (Å²) in [5.41, 5.74) is 3.25. The molecule has 8 heteroatoms. The summed E-state index contributed by atoms with van der Waals surface area (Å²) in [4.78, 5) is 15.8. The fraction of sp³-hybridized carbons (Fsp3) is 0.552. The third-order valence-corrected chi connectivity index (χ3v) is 5.59. The average Bonchev–Trinajstić information content (AvgIpc) is 3.57. The number of carbonyl (C=O) groups is 1. The smallest absolute Gasteiger partial charge is 0.167 e. The van der Waals surface area contributed by atoms with E-state index in [0.717, 1.165) is 17.0 Å². The van der Waals surface area contributed by atoms with Gasteiger partial charge in [-0.2, -0.15) is 0 Å². The Morgan fingerprint density at radius 2 is 1.68 bits per heavy atom. The molecule has 0 saturated carbocycles. The Labute approximate surface area is 222 Å². The maximum atomic E-state index is 9.77. The van der Waals surface area contributed by atoms with Crippen LogP contribution in [0.25, 0.3) is 11.3 Å². The molecule has 1 aliphatic heterocycles. The molecule has 3 aromatic rings. The molecule has 1 fully saturated rings. The lowest BCUT2D eigenvalue weighted by Crippen LogP contribution is -2.29. The van der Waals surface area contributed by atoms with Gasteiger partial charge in [0.1, 0.15) is 30.0 Å². The number of aliphatic hydroxyl groups excluding tert-OH is 2. The highest BCUT2D eigenvalue weighted by Crippen LogP contribution is 2.29. The molecular formula is C29H46N4O4. The van der Waals surface area contributed by atoms with Gasteiger partial charge < -0.3 is 29.0 Å². The normalized spacial score (nSPS) is 15.2. The number of hydrogen-bond donors (Lipinski definition) is 2. The zero-order chi connectivity index (χ0) is 27.8. The summed E-state index contributed by atoms with van der Waals surface area (Å²) in [5, 5.41) is 21.9. The lowest BCUT2D eigenvalue weighted by molar-refractivity contribution is -0.114. The molecule has 37 heavy (non-hydrogen) atoms. The van der Waals surface area contributed by atoms with E-state index < -0.39 is 12.2 Å². The SMILES string of the molecule is CC.CC(O)C=O.CCC.C[C@H](O)c1nccn1Cc1cc(-c2ccc(C3CCN(C)CC3)cc2)on1. The monoisotopic (exact) mass is 514 g/mol. The molecule has 3 heterocycles. The van der Waals surface area contributed by atoms with Crippen molar-refractivity contribution in [3.05, 3.63) is 59.8 Å². The Bertz CT molecular complexity index is 988. The summed E-state index contributed by atoms with van der Waals surface area (Å²) in [7, 11) is 2.19. The van der Waals surface area contributed by atoms with Crippen molar-refractivity contribution in [3.8, 4) is 11.3 Å². The van der Waals surface area contributed by atoms with Crippen molar-refractivity contribution in [2.45, 2.75) is 85.5 Å². The molecule has 1 aliphatic rings. The zero-order valence-corrected chi connectivity index (χ0v) is 23.6. The molecule has 1 saturated heterocycles. The van der Waals surface area contributed by atoms with E-state index in [9.17, 15) is 9.90 Å². The van der Waals surface area contributed by atoms with E-state index in [1.165, 1.54) is 44.8 Å². The molecule has 4 rings (SSSR count). The molecule has 2 atom stereocenters. The van der Waals surface area contributed by atoms with E-state index in [-0.39, 0.29) is 0 Å². The average molecular weight is 515 g/mol. The first-order chi connectivity index (χ1) is 17.8. The van der Waals surface area contributed by atoms with Gasteiger partial charge in [0.25, 0.3) is 0 Å². The molecule has 0 spiro atoms. The molecule has 0 bridgehead atoms. The third-order valence-electron chi connectivity index (χ3n) is 5.59. The van der Waals surface area contributed by atoms with Gasteiger partial charge in [0.05, 0.1) is 6.54 Å². The maximum absolute atomic E-state index is 9.77. The van der Waals surface area contributed by atoms with Gasteiger partial charge in [-0.15, -0.1) is 0 Å². The van der Waals surface area contributed by atoms with E-state index in [0.29, 0.717) is 24.6 Å². The quantitative estimate of drug-likeness (QED) is 0.421. The number of aromatic nitrogens is 3. The predicted molar refractivity (Wildman–Crippen MR) is 148 cm³/mol. The van der Waals surface area contributed by atoms with Crippen molar-refractivity contribution in [2.75, 3.05) is 20.1 Å². The van der Waals surface area contributed by atoms with Crippen LogP contribution in [0.3, 0.4) is 0 Å². The van der Waals surface area contributed by atoms with Crippen LogP contribution in [-0.2, 0) is 11.3 Å². The van der Waals surface area contributed by atoms with Crippen LogP contribution in [0.4, 0.5) is 0 Å². The Balaban J connectivity index is 0.000000594. The Kier molecular flexibility index (Phi) is 15.3. The van der Waals surface area contributed by atoms with E-state index in [4.69, 9.17) is 9.63 Å². The zero-order valence-electron chi connectivity index (χ0n) is 23.6. The van der Waals surface area contributed by atoms with Gasteiger partial charge >= 0.3 is 0 Å². The first-order valence-electron chi connectivity index (χ1n) is 13.4. The van der Waals surface area contributed by atoms with E-state index in [1.807, 2.05) is 30.7 Å². The molecule has 0 radical (unpaired) electrons. The molecule has 2 N–H and O–H groups in total. The molecule has 1 unspecified atom stereocenters. The summed E-state index contributed by atoms with van der Waals surface area (Å²) in [6, 6.07) is 10.6. The van der Waals surface area contributed by atoms with Crippen LogP contribution in [0.5, 0.6) is 0 Å². The maximum Gasteiger partial charge on any atom is 0.167 e. The minimum Gasteiger partial charge on any atom is -0.386 e. The lowest BCUT2D eigenvalue weighted by Gasteiger charge is -2.29. The van der Waals surface area contributed by atoms with Crippen LogP contribution in [-0.4, -0.2) is 62.3 Å². The summed E-state index contributed by atoms with van der Waals surface area (Å²) < 4.78 is 7.43. The standard InChI is InChI=1S/C21H26N4O2.C3H6O2.C3H8.C2H6/c1-15(26)21-22-9-12-25(21)14-19-13-20(27-23-19)18-5-3-16(4-6-18)17-7-10-24(2)11-8-17;1-3(5)2-4;1-3-2;1-2/h3-6,9,12-13,15,17,26H,7-8,10-11,14H2,1-2H3;2-3,5H,1H3;3H2,1-2H3;1-2H3/t15-;;;/m0.../s1. The highest BCUT2D eigenvalue weighted by atomic mass is 16.5. The second-order valence-electron chi connectivity index (χ2n) is 9.06. The third kappa shape index (κ3) is 11.0. The number of aldehydes is 1. The number of nitrogens with zero attached hydrogens (tertiary/aromatic N) is 4. The van der Waals surface area contributed by atoms with Gasteiger partial charge in [-0.1, -0.05) is 63.5 Å². The van der Waals surface area contributed by atoms with E-state index in [1.54, 1.807) is 13.1 Å². The largest absolute Gasteiger partial charge is 0.386 e. The van der Waals surface area contributed by atoms with Gasteiger partial charge in [-0.05, 0) is 58.3 Å². The first-order valence-corrected chi connectivity index (χ1v) is 13.4. The summed E-state index contributed by atoms with van der Waals surface area (Å²) >= 11 is 0. The molecule has 2 aromatic heterocycles. The highest BCUT2D eigenvalue weighted by molar-refractivity contribution is 5.58. The van der Waals surface area contributed by atoms with Crippen molar-refractivity contribution in [1.82, 2.24) is 19.6 Å². The minimum atomic E-state index is -0.796. The summed E-state index contributed by atoms with van der Waals surface area (Å²) in [6.07, 6.45) is 6.28. The number of rotatable bonds is 6. The lowest BCUT2D eigenvalue weighted by atomic mass is 9.89. The fourth-order valence-electron chi connectivity index (χ4n) is 3.78. The van der Waals surface area contributed by atoms with Crippen molar-refractivity contribution in [2.24, 2.45) is 0 Å². The Morgan fingerprint density at radius 1 is 1.11 bits per heavy atom.